The van der Waals surface area contributed by atoms with Gasteiger partial charge in [-0.1, -0.05) is 91.8 Å². The summed E-state index contributed by atoms with van der Waals surface area (Å²) in [5, 5.41) is 48.5. The van der Waals surface area contributed by atoms with E-state index in [-0.39, 0.29) is 56.9 Å². The number of hydrogen-bond acceptors (Lipinski definition) is 12. The first-order valence-electron chi connectivity index (χ1n) is 16.3. The van der Waals surface area contributed by atoms with Crippen LogP contribution in [-0.4, -0.2) is 84.8 Å². The van der Waals surface area contributed by atoms with Crippen LogP contribution in [0.4, 0.5) is 11.4 Å². The monoisotopic (exact) mass is 795 g/mol. The molecule has 0 atom stereocenters. The van der Waals surface area contributed by atoms with Crippen LogP contribution < -0.4 is 31.1 Å². The molecule has 0 saturated heterocycles. The molecular weight excluding hydrogens is 747 g/mol. The molecule has 0 spiro atoms. The van der Waals surface area contributed by atoms with Crippen molar-refractivity contribution < 1.29 is 69.3 Å². The molecule has 0 unspecified atom stereocenters. The minimum atomic E-state index is -1.46. The SMILES string of the molecule is CC(C)c1cccc(C(C)C)c1NC(=O)CN(CC(=O)[O-])CC(=O)[O-].CC(C)c1cccc(C(C)C)c1NC(=O)CN(CC(=O)[O-])CC(=O)[O-].[99Tc+4]. The van der Waals surface area contributed by atoms with Crippen LogP contribution >= 0.6 is 0 Å². The first kappa shape index (κ1) is 46.8. The predicted molar refractivity (Wildman–Crippen MR) is 179 cm³/mol. The van der Waals surface area contributed by atoms with Crippen molar-refractivity contribution in [1.29, 1.82) is 0 Å². The van der Waals surface area contributed by atoms with Crippen molar-refractivity contribution >= 4 is 47.1 Å². The number of nitrogens with one attached hydrogen (secondary N) is 2. The summed E-state index contributed by atoms with van der Waals surface area (Å²) in [6, 6.07) is 11.6. The Labute approximate surface area is 312 Å². The zero-order chi connectivity index (χ0) is 38.3. The summed E-state index contributed by atoms with van der Waals surface area (Å²) in [6.45, 7) is 12.6. The van der Waals surface area contributed by atoms with Gasteiger partial charge in [-0.3, -0.25) is 19.4 Å². The van der Waals surface area contributed by atoms with E-state index in [4.69, 9.17) is 0 Å². The van der Waals surface area contributed by atoms with Gasteiger partial charge in [0, 0.05) is 37.6 Å². The minimum absolute atomic E-state index is 0. The Morgan fingerprint density at radius 3 is 0.863 bits per heavy atom. The van der Waals surface area contributed by atoms with Gasteiger partial charge in [0.2, 0.25) is 11.8 Å². The van der Waals surface area contributed by atoms with Gasteiger partial charge in [-0.15, -0.1) is 0 Å². The molecule has 0 aliphatic rings. The van der Waals surface area contributed by atoms with Crippen molar-refractivity contribution in [3.63, 3.8) is 0 Å². The van der Waals surface area contributed by atoms with Crippen LogP contribution in [0.2, 0.25) is 0 Å². The maximum atomic E-state index is 12.4. The molecule has 0 aromatic heterocycles. The molecule has 0 fully saturated rings. The van der Waals surface area contributed by atoms with Crippen LogP contribution in [0.5, 0.6) is 0 Å². The number of carboxylic acids is 4. The van der Waals surface area contributed by atoms with Crippen LogP contribution in [0.3, 0.4) is 0 Å². The summed E-state index contributed by atoms with van der Waals surface area (Å²) in [4.78, 5) is 69.5. The molecule has 1 radical (unpaired) electrons. The Kier molecular flexibility index (Phi) is 20.8. The van der Waals surface area contributed by atoms with Crippen LogP contribution in [0, 0.1) is 0 Å². The van der Waals surface area contributed by atoms with E-state index in [0.29, 0.717) is 11.4 Å². The third-order valence-corrected chi connectivity index (χ3v) is 7.42. The normalized spacial score (nSPS) is 10.9. The van der Waals surface area contributed by atoms with Crippen LogP contribution in [0.15, 0.2) is 36.4 Å². The number of carboxylic acid groups (broad SMARTS) is 4. The maximum absolute atomic E-state index is 12.4. The van der Waals surface area contributed by atoms with Gasteiger partial charge in [-0.25, -0.2) is 0 Å². The molecule has 0 saturated carbocycles. The number of rotatable bonds is 18. The molecule has 0 bridgehead atoms. The summed E-state index contributed by atoms with van der Waals surface area (Å²) in [6.07, 6.45) is 0. The second-order valence-corrected chi connectivity index (χ2v) is 13.1. The van der Waals surface area contributed by atoms with E-state index in [2.05, 4.69) is 10.6 Å². The van der Waals surface area contributed by atoms with Gasteiger partial charge in [0.1, 0.15) is 0 Å². The number of carbonyl (C=O) groups excluding carboxylic acids is 6. The van der Waals surface area contributed by atoms with Crippen LogP contribution in [0.1, 0.15) is 101 Å². The van der Waals surface area contributed by atoms with Gasteiger partial charge in [-0.2, -0.15) is 0 Å². The summed E-state index contributed by atoms with van der Waals surface area (Å²) in [5.74, 6) is -6.10. The smallest absolute Gasteiger partial charge is 0.549 e. The average Bonchev–Trinajstić information content (AvgIpc) is 2.95. The second kappa shape index (κ2) is 22.6. The number of anilines is 2. The zero-order valence-corrected chi connectivity index (χ0v) is 32.2. The van der Waals surface area contributed by atoms with Gasteiger partial charge in [0.25, 0.3) is 0 Å². The molecule has 0 heterocycles. The van der Waals surface area contributed by atoms with E-state index in [9.17, 15) is 49.2 Å². The third kappa shape index (κ3) is 17.1. The first-order valence-corrected chi connectivity index (χ1v) is 16.3. The van der Waals surface area contributed by atoms with E-state index in [0.717, 1.165) is 32.1 Å². The number of hydrogen-bond donors (Lipinski definition) is 2. The van der Waals surface area contributed by atoms with Crippen LogP contribution in [-0.2, 0) is 48.9 Å². The summed E-state index contributed by atoms with van der Waals surface area (Å²) >= 11 is 0. The summed E-state index contributed by atoms with van der Waals surface area (Å²) < 4.78 is 0. The second-order valence-electron chi connectivity index (χ2n) is 13.1. The zero-order valence-electron chi connectivity index (χ0n) is 30.4. The quantitative estimate of drug-likeness (QED) is 0.192. The number of nitrogens with zero attached hydrogens (tertiary/aromatic N) is 2. The van der Waals surface area contributed by atoms with E-state index in [1.165, 1.54) is 0 Å². The standard InChI is InChI=1S/2C18H26N2O5.Tc/c2*1-11(2)13-6-5-7-14(12(3)4)18(13)19-15(21)8-20(9-16(22)23)10-17(24)25;/h2*5-7,11-12H,8-10H2,1-4H3,(H,19,21)(H,22,23)(H,24,25);/q;;+4/p-4/i;;1+1. The van der Waals surface area contributed by atoms with Crippen LogP contribution in [0.25, 0.3) is 0 Å². The van der Waals surface area contributed by atoms with E-state index in [1.54, 1.807) is 0 Å². The maximum Gasteiger partial charge on any atom is 4.00 e. The fourth-order valence-electron chi connectivity index (χ4n) is 5.22. The molecule has 2 N–H and O–H groups in total. The van der Waals surface area contributed by atoms with E-state index < -0.39 is 61.9 Å². The molecule has 51 heavy (non-hydrogen) atoms. The number of para-hydroxylation sites is 2. The Morgan fingerprint density at radius 1 is 0.471 bits per heavy atom. The Bertz CT molecular complexity index is 1310. The molecule has 2 aromatic carbocycles. The number of aliphatic carboxylic acids is 4. The predicted octanol–water partition coefficient (Wildman–Crippen LogP) is -0.655. The topological polar surface area (TPSA) is 225 Å². The van der Waals surface area contributed by atoms with Gasteiger partial charge in [0.05, 0.1) is 37.0 Å². The minimum Gasteiger partial charge on any atom is -0.549 e. The van der Waals surface area contributed by atoms with Crippen molar-refractivity contribution in [3.05, 3.63) is 58.7 Å². The molecule has 2 aromatic rings. The third-order valence-electron chi connectivity index (χ3n) is 7.42. The first-order chi connectivity index (χ1) is 23.2. The molecule has 2 amide bonds. The molecule has 0 aliphatic carbocycles. The number of benzene rings is 2. The van der Waals surface area contributed by atoms with E-state index >= 15 is 0 Å². The average molecular weight is 796 g/mol. The Balaban J connectivity index is 0.000000962. The van der Waals surface area contributed by atoms with Gasteiger partial charge < -0.3 is 50.2 Å². The Morgan fingerprint density at radius 2 is 0.686 bits per heavy atom. The van der Waals surface area contributed by atoms with Crippen molar-refractivity contribution in [2.45, 2.75) is 79.1 Å². The molecule has 279 valence electrons. The van der Waals surface area contributed by atoms with Crippen molar-refractivity contribution in [1.82, 2.24) is 9.80 Å². The van der Waals surface area contributed by atoms with E-state index in [1.807, 2.05) is 91.8 Å². The number of amides is 2. The van der Waals surface area contributed by atoms with Gasteiger partial charge in [0.15, 0.2) is 0 Å². The van der Waals surface area contributed by atoms with Gasteiger partial charge >= 0.3 is 20.1 Å². The summed E-state index contributed by atoms with van der Waals surface area (Å²) in [7, 11) is 0. The molecular formula is C36H48N4O10Tc. The molecule has 15 heteroatoms. The van der Waals surface area contributed by atoms with Crippen molar-refractivity contribution in [2.24, 2.45) is 0 Å². The molecule has 0 aliphatic heterocycles. The Hall–Kier alpha value is -4.17. The summed E-state index contributed by atoms with van der Waals surface area (Å²) in [5.41, 5.74) is 5.24. The van der Waals surface area contributed by atoms with Crippen molar-refractivity contribution in [3.8, 4) is 0 Å². The molecule has 14 nitrogen and oxygen atoms in total. The van der Waals surface area contributed by atoms with Crippen molar-refractivity contribution in [2.75, 3.05) is 49.9 Å². The fourth-order valence-corrected chi connectivity index (χ4v) is 5.22. The fraction of sp³-hybridized carbons (Fsp3) is 0.500. The number of carbonyl (C=O) groups is 6. The molecule has 2 rings (SSSR count). The largest absolute Gasteiger partial charge is 4.00 e. The van der Waals surface area contributed by atoms with Gasteiger partial charge in [-0.05, 0) is 45.9 Å².